The molecule has 2 atom stereocenters. The zero-order valence-electron chi connectivity index (χ0n) is 11.4. The van der Waals surface area contributed by atoms with Crippen molar-refractivity contribution >= 4 is 27.5 Å². The van der Waals surface area contributed by atoms with Gasteiger partial charge in [0.15, 0.2) is 0 Å². The molecule has 3 nitrogen and oxygen atoms in total. The quantitative estimate of drug-likeness (QED) is 0.893. The number of hydrogen-bond acceptors (Lipinski definition) is 2. The third-order valence-corrected chi connectivity index (χ3v) is 4.43. The van der Waals surface area contributed by atoms with Crippen molar-refractivity contribution in [1.82, 2.24) is 0 Å². The highest BCUT2D eigenvalue weighted by Crippen LogP contribution is 2.38. The van der Waals surface area contributed by atoms with Gasteiger partial charge < -0.3 is 11.1 Å². The first-order valence-corrected chi connectivity index (χ1v) is 7.54. The van der Waals surface area contributed by atoms with E-state index in [1.54, 1.807) is 0 Å². The second-order valence-corrected chi connectivity index (χ2v) is 6.85. The second-order valence-electron chi connectivity index (χ2n) is 5.93. The summed E-state index contributed by atoms with van der Waals surface area (Å²) in [5.74, 6) is 0.784. The maximum absolute atomic E-state index is 12.0. The molecule has 0 bridgehead atoms. The molecular formula is C15H21BrN2O. The number of hydrogen-bond donors (Lipinski definition) is 2. The number of carbonyl (C=O) groups excluding carboxylic acids is 1. The van der Waals surface area contributed by atoms with Gasteiger partial charge in [0, 0.05) is 10.2 Å². The summed E-state index contributed by atoms with van der Waals surface area (Å²) in [6.45, 7) is 4.38. The van der Waals surface area contributed by atoms with E-state index in [4.69, 9.17) is 5.73 Å². The summed E-state index contributed by atoms with van der Waals surface area (Å²) in [5.41, 5.74) is 6.03. The predicted molar refractivity (Wildman–Crippen MR) is 81.9 cm³/mol. The average molecular weight is 325 g/mol. The minimum atomic E-state index is -0.606. The molecule has 0 aromatic heterocycles. The van der Waals surface area contributed by atoms with Crippen molar-refractivity contribution in [2.75, 3.05) is 5.32 Å². The molecule has 0 saturated heterocycles. The maximum atomic E-state index is 12.0. The van der Waals surface area contributed by atoms with E-state index < -0.39 is 5.54 Å². The fraction of sp³-hybridized carbons (Fsp3) is 0.533. The third kappa shape index (κ3) is 3.30. The molecule has 0 radical (unpaired) electrons. The van der Waals surface area contributed by atoms with Gasteiger partial charge in [-0.2, -0.15) is 0 Å². The van der Waals surface area contributed by atoms with E-state index in [0.29, 0.717) is 11.8 Å². The molecule has 1 aliphatic rings. The van der Waals surface area contributed by atoms with E-state index in [0.717, 1.165) is 29.4 Å². The van der Waals surface area contributed by atoms with Gasteiger partial charge in [0.25, 0.3) is 0 Å². The van der Waals surface area contributed by atoms with Crippen LogP contribution in [0, 0.1) is 11.8 Å². The van der Waals surface area contributed by atoms with Gasteiger partial charge in [0.1, 0.15) is 5.54 Å². The summed E-state index contributed by atoms with van der Waals surface area (Å²) in [6.07, 6.45) is 2.78. The number of carbonyl (C=O) groups is 1. The van der Waals surface area contributed by atoms with E-state index in [2.05, 4.69) is 35.1 Å². The van der Waals surface area contributed by atoms with Crippen LogP contribution < -0.4 is 11.1 Å². The van der Waals surface area contributed by atoms with Crippen molar-refractivity contribution in [3.05, 3.63) is 28.7 Å². The summed E-state index contributed by atoms with van der Waals surface area (Å²) < 4.78 is 1.02. The topological polar surface area (TPSA) is 55.1 Å². The Hall–Kier alpha value is -1.03. The van der Waals surface area contributed by atoms with Crippen LogP contribution in [0.1, 0.15) is 33.1 Å². The number of amides is 1. The molecule has 1 fully saturated rings. The highest BCUT2D eigenvalue weighted by atomic mass is 79.9. The maximum Gasteiger partial charge on any atom is 0.243 e. The molecule has 3 N–H and O–H groups in total. The number of nitrogens with one attached hydrogen (secondary N) is 1. The minimum absolute atomic E-state index is 0.242. The van der Waals surface area contributed by atoms with Crippen molar-refractivity contribution in [3.63, 3.8) is 0 Å². The molecule has 0 spiro atoms. The summed E-state index contributed by atoms with van der Waals surface area (Å²) in [6, 6.07) is 7.87. The third-order valence-electron chi connectivity index (χ3n) is 3.90. The number of halogens is 1. The normalized spacial score (nSPS) is 30.9. The Morgan fingerprint density at radius 1 is 1.26 bits per heavy atom. The fourth-order valence-electron chi connectivity index (χ4n) is 3.30. The van der Waals surface area contributed by atoms with Gasteiger partial charge in [-0.1, -0.05) is 29.8 Å². The van der Waals surface area contributed by atoms with Crippen molar-refractivity contribution in [1.29, 1.82) is 0 Å². The first-order valence-electron chi connectivity index (χ1n) is 6.75. The van der Waals surface area contributed by atoms with Crippen molar-refractivity contribution in [2.45, 2.75) is 38.6 Å². The van der Waals surface area contributed by atoms with E-state index in [1.165, 1.54) is 0 Å². The summed E-state index contributed by atoms with van der Waals surface area (Å²) in [5, 5.41) is 3.39. The molecule has 2 rings (SSSR count). The van der Waals surface area contributed by atoms with Crippen LogP contribution in [0.4, 0.5) is 5.69 Å². The second kappa shape index (κ2) is 5.53. The number of anilines is 1. The van der Waals surface area contributed by atoms with Gasteiger partial charge in [-0.3, -0.25) is 4.79 Å². The Morgan fingerprint density at radius 3 is 2.26 bits per heavy atom. The Labute approximate surface area is 123 Å². The van der Waals surface area contributed by atoms with Crippen LogP contribution in [0.5, 0.6) is 0 Å². The largest absolute Gasteiger partial charge is 0.371 e. The van der Waals surface area contributed by atoms with Crippen molar-refractivity contribution in [3.8, 4) is 0 Å². The average Bonchev–Trinajstić information content (AvgIpc) is 2.30. The van der Waals surface area contributed by atoms with E-state index >= 15 is 0 Å². The SMILES string of the molecule is CC1CC(C)CC(Nc2ccc(Br)cc2)(C(N)=O)C1. The predicted octanol–water partition coefficient (Wildman–Crippen LogP) is 3.54. The van der Waals surface area contributed by atoms with E-state index in [-0.39, 0.29) is 5.91 Å². The Morgan fingerprint density at radius 2 is 1.79 bits per heavy atom. The van der Waals surface area contributed by atoms with Crippen LogP contribution in [0.15, 0.2) is 28.7 Å². The first-order chi connectivity index (χ1) is 8.91. The Bertz CT molecular complexity index is 448. The van der Waals surface area contributed by atoms with Crippen LogP contribution >= 0.6 is 15.9 Å². The molecule has 1 aromatic carbocycles. The summed E-state index contributed by atoms with van der Waals surface area (Å²) >= 11 is 3.41. The molecule has 4 heteroatoms. The highest BCUT2D eigenvalue weighted by Gasteiger charge is 2.42. The number of benzene rings is 1. The Balaban J connectivity index is 2.24. The molecule has 1 amide bonds. The monoisotopic (exact) mass is 324 g/mol. The zero-order chi connectivity index (χ0) is 14.0. The smallest absolute Gasteiger partial charge is 0.243 e. The first kappa shape index (κ1) is 14.4. The molecule has 1 aliphatic carbocycles. The molecule has 0 heterocycles. The lowest BCUT2D eigenvalue weighted by molar-refractivity contribution is -0.124. The van der Waals surface area contributed by atoms with Gasteiger partial charge in [-0.15, -0.1) is 0 Å². The van der Waals surface area contributed by atoms with Gasteiger partial charge in [-0.05, 0) is 55.4 Å². The lowest BCUT2D eigenvalue weighted by Gasteiger charge is -2.41. The number of nitrogens with two attached hydrogens (primary N) is 1. The van der Waals surface area contributed by atoms with Crippen LogP contribution in [0.25, 0.3) is 0 Å². The van der Waals surface area contributed by atoms with Gasteiger partial charge in [-0.25, -0.2) is 0 Å². The van der Waals surface area contributed by atoms with Gasteiger partial charge in [0.2, 0.25) is 5.91 Å². The number of rotatable bonds is 3. The lowest BCUT2D eigenvalue weighted by atomic mass is 9.71. The van der Waals surface area contributed by atoms with Gasteiger partial charge in [0.05, 0.1) is 0 Å². The van der Waals surface area contributed by atoms with Gasteiger partial charge >= 0.3 is 0 Å². The fourth-order valence-corrected chi connectivity index (χ4v) is 3.57. The number of primary amides is 1. The molecule has 0 aliphatic heterocycles. The zero-order valence-corrected chi connectivity index (χ0v) is 13.0. The molecule has 19 heavy (non-hydrogen) atoms. The standard InChI is InChI=1S/C15H21BrN2O/c1-10-7-11(2)9-15(8-10,14(17)19)18-13-5-3-12(16)4-6-13/h3-6,10-11,18H,7-9H2,1-2H3,(H2,17,19). The lowest BCUT2D eigenvalue weighted by Crippen LogP contribution is -2.54. The van der Waals surface area contributed by atoms with E-state index in [1.807, 2.05) is 24.3 Å². The molecule has 1 saturated carbocycles. The van der Waals surface area contributed by atoms with Crippen LogP contribution in [-0.4, -0.2) is 11.4 Å². The van der Waals surface area contributed by atoms with Crippen LogP contribution in [0.3, 0.4) is 0 Å². The van der Waals surface area contributed by atoms with E-state index in [9.17, 15) is 4.79 Å². The minimum Gasteiger partial charge on any atom is -0.371 e. The van der Waals surface area contributed by atoms with Crippen molar-refractivity contribution < 1.29 is 4.79 Å². The van der Waals surface area contributed by atoms with Crippen LogP contribution in [0.2, 0.25) is 0 Å². The Kier molecular flexibility index (Phi) is 4.19. The summed E-state index contributed by atoms with van der Waals surface area (Å²) in [7, 11) is 0. The molecule has 2 unspecified atom stereocenters. The van der Waals surface area contributed by atoms with Crippen LogP contribution in [-0.2, 0) is 4.79 Å². The van der Waals surface area contributed by atoms with Crippen molar-refractivity contribution in [2.24, 2.45) is 17.6 Å². The molecular weight excluding hydrogens is 304 g/mol. The highest BCUT2D eigenvalue weighted by molar-refractivity contribution is 9.10. The molecule has 1 aromatic rings. The summed E-state index contributed by atoms with van der Waals surface area (Å²) in [4.78, 5) is 12.0. The molecule has 104 valence electrons.